The van der Waals surface area contributed by atoms with E-state index in [-0.39, 0.29) is 23.7 Å². The average Bonchev–Trinajstić information content (AvgIpc) is 2.53. The van der Waals surface area contributed by atoms with Crippen LogP contribution in [0.15, 0.2) is 48.5 Å². The van der Waals surface area contributed by atoms with Crippen molar-refractivity contribution in [3.8, 4) is 11.5 Å². The van der Waals surface area contributed by atoms with E-state index in [9.17, 15) is 19.7 Å². The Morgan fingerprint density at radius 3 is 2.54 bits per heavy atom. The summed E-state index contributed by atoms with van der Waals surface area (Å²) in [6.45, 7) is -0.278. The lowest BCUT2D eigenvalue weighted by atomic mass is 10.2. The first-order valence-corrected chi connectivity index (χ1v) is 6.60. The van der Waals surface area contributed by atoms with Crippen LogP contribution in [0.3, 0.4) is 0 Å². The van der Waals surface area contributed by atoms with E-state index in [2.05, 4.69) is 4.84 Å². The summed E-state index contributed by atoms with van der Waals surface area (Å²) in [5.41, 5.74) is 5.39. The fourth-order valence-electron chi connectivity index (χ4n) is 1.82. The molecule has 2 N–H and O–H groups in total. The number of ether oxygens (including phenoxy) is 2. The molecule has 9 nitrogen and oxygen atoms in total. The van der Waals surface area contributed by atoms with Gasteiger partial charge < -0.3 is 20.0 Å². The predicted octanol–water partition coefficient (Wildman–Crippen LogP) is 2.07. The lowest BCUT2D eigenvalue weighted by molar-refractivity contribution is -0.763. The molecule has 0 aliphatic carbocycles. The van der Waals surface area contributed by atoms with E-state index in [1.807, 2.05) is 0 Å². The van der Waals surface area contributed by atoms with Crippen molar-refractivity contribution in [1.82, 2.24) is 0 Å². The maximum atomic E-state index is 12.2. The monoisotopic (exact) mass is 332 g/mol. The molecule has 2 aromatic carbocycles. The third kappa shape index (κ3) is 4.70. The number of rotatable bonds is 6. The maximum Gasteiger partial charge on any atom is 0.409 e. The SMILES string of the molecule is NC(=O)Oc1ccccc1C(=O)Oc1cccc(CO[N+](=O)[O-])c1. The summed E-state index contributed by atoms with van der Waals surface area (Å²) >= 11 is 0. The zero-order chi connectivity index (χ0) is 17.5. The van der Waals surface area contributed by atoms with Gasteiger partial charge in [-0.3, -0.25) is 0 Å². The van der Waals surface area contributed by atoms with Gasteiger partial charge >= 0.3 is 12.1 Å². The van der Waals surface area contributed by atoms with E-state index in [1.54, 1.807) is 24.3 Å². The van der Waals surface area contributed by atoms with E-state index >= 15 is 0 Å². The van der Waals surface area contributed by atoms with E-state index in [0.29, 0.717) is 5.56 Å². The fourth-order valence-corrected chi connectivity index (χ4v) is 1.82. The molecule has 0 heterocycles. The van der Waals surface area contributed by atoms with E-state index in [4.69, 9.17) is 15.2 Å². The number of esters is 1. The zero-order valence-corrected chi connectivity index (χ0v) is 12.2. The van der Waals surface area contributed by atoms with E-state index in [1.165, 1.54) is 24.3 Å². The number of primary amides is 1. The van der Waals surface area contributed by atoms with Gasteiger partial charge in [-0.05, 0) is 29.8 Å². The summed E-state index contributed by atoms with van der Waals surface area (Å²) in [6.07, 6.45) is -1.06. The highest BCUT2D eigenvalue weighted by Crippen LogP contribution is 2.21. The van der Waals surface area contributed by atoms with Crippen molar-refractivity contribution in [3.63, 3.8) is 0 Å². The predicted molar refractivity (Wildman–Crippen MR) is 79.8 cm³/mol. The number of nitrogens with zero attached hydrogens (tertiary/aromatic N) is 1. The largest absolute Gasteiger partial charge is 0.423 e. The normalized spacial score (nSPS) is 9.83. The molecule has 0 saturated heterocycles. The second-order valence-electron chi connectivity index (χ2n) is 4.45. The Balaban J connectivity index is 2.14. The van der Waals surface area contributed by atoms with Gasteiger partial charge in [0, 0.05) is 0 Å². The van der Waals surface area contributed by atoms with Gasteiger partial charge in [-0.1, -0.05) is 24.3 Å². The standard InChI is InChI=1S/C15H12N2O7/c16-15(19)24-13-7-2-1-6-12(13)14(18)23-11-5-3-4-10(8-11)9-22-17(20)21/h1-8H,9H2,(H2,16,19). The molecule has 0 fully saturated rings. The van der Waals surface area contributed by atoms with Crippen LogP contribution in [0.5, 0.6) is 11.5 Å². The zero-order valence-electron chi connectivity index (χ0n) is 12.2. The minimum atomic E-state index is -1.06. The van der Waals surface area contributed by atoms with E-state index in [0.717, 1.165) is 0 Å². The second kappa shape index (κ2) is 7.58. The first kappa shape index (κ1) is 16.7. The Bertz CT molecular complexity index is 776. The van der Waals surface area contributed by atoms with Crippen molar-refractivity contribution in [2.45, 2.75) is 6.61 Å². The van der Waals surface area contributed by atoms with Gasteiger partial charge in [0.2, 0.25) is 0 Å². The molecule has 0 aliphatic heterocycles. The first-order chi connectivity index (χ1) is 11.5. The molecule has 0 bridgehead atoms. The molecule has 0 aliphatic rings. The summed E-state index contributed by atoms with van der Waals surface area (Å²) < 4.78 is 9.91. The molecular weight excluding hydrogens is 320 g/mol. The van der Waals surface area contributed by atoms with Crippen molar-refractivity contribution >= 4 is 12.1 Å². The highest BCUT2D eigenvalue weighted by molar-refractivity contribution is 5.94. The lowest BCUT2D eigenvalue weighted by Crippen LogP contribution is -2.19. The molecule has 0 spiro atoms. The third-order valence-electron chi connectivity index (χ3n) is 2.76. The fraction of sp³-hybridized carbons (Fsp3) is 0.0667. The smallest absolute Gasteiger partial charge is 0.409 e. The number of amides is 1. The highest BCUT2D eigenvalue weighted by atomic mass is 16.9. The number of para-hydroxylation sites is 1. The van der Waals surface area contributed by atoms with Crippen LogP contribution in [0.25, 0.3) is 0 Å². The Kier molecular flexibility index (Phi) is 5.29. The summed E-state index contributed by atoms with van der Waals surface area (Å²) in [6, 6.07) is 11.9. The van der Waals surface area contributed by atoms with Crippen LogP contribution in [-0.4, -0.2) is 17.1 Å². The average molecular weight is 332 g/mol. The molecule has 1 amide bonds. The molecule has 2 rings (SSSR count). The first-order valence-electron chi connectivity index (χ1n) is 6.60. The number of nitrogens with two attached hydrogens (primary N) is 1. The maximum absolute atomic E-state index is 12.2. The Labute approximate surface area is 135 Å². The summed E-state index contributed by atoms with van der Waals surface area (Å²) in [5, 5.41) is 9.27. The van der Waals surface area contributed by atoms with Crippen LogP contribution in [0.4, 0.5) is 4.79 Å². The summed E-state index contributed by atoms with van der Waals surface area (Å²) in [7, 11) is 0. The molecule has 9 heteroatoms. The topological polar surface area (TPSA) is 131 Å². The third-order valence-corrected chi connectivity index (χ3v) is 2.76. The molecule has 24 heavy (non-hydrogen) atoms. The molecule has 0 aromatic heterocycles. The summed E-state index contributed by atoms with van der Waals surface area (Å²) in [4.78, 5) is 37.5. The number of hydrogen-bond donors (Lipinski definition) is 1. The van der Waals surface area contributed by atoms with Crippen molar-refractivity contribution in [2.24, 2.45) is 5.73 Å². The molecule has 0 atom stereocenters. The minimum absolute atomic E-state index is 0.00300. The van der Waals surface area contributed by atoms with Crippen LogP contribution < -0.4 is 15.2 Å². The van der Waals surface area contributed by atoms with Crippen molar-refractivity contribution in [1.29, 1.82) is 0 Å². The quantitative estimate of drug-likeness (QED) is 0.371. The van der Waals surface area contributed by atoms with Crippen LogP contribution in [0, 0.1) is 10.1 Å². The molecule has 0 unspecified atom stereocenters. The molecule has 0 radical (unpaired) electrons. The molecule has 0 saturated carbocycles. The van der Waals surface area contributed by atoms with E-state index < -0.39 is 17.1 Å². The number of benzene rings is 2. The number of carbonyl (C=O) groups is 2. The second-order valence-corrected chi connectivity index (χ2v) is 4.45. The summed E-state index contributed by atoms with van der Waals surface area (Å²) in [5.74, 6) is -0.666. The van der Waals surface area contributed by atoms with Crippen LogP contribution in [0.1, 0.15) is 15.9 Å². The minimum Gasteiger partial charge on any atom is -0.423 e. The number of carbonyl (C=O) groups excluding carboxylic acids is 2. The van der Waals surface area contributed by atoms with Gasteiger partial charge in [-0.2, -0.15) is 0 Å². The molecule has 124 valence electrons. The molecular formula is C15H12N2O7. The van der Waals surface area contributed by atoms with Gasteiger partial charge in [-0.25, -0.2) is 9.59 Å². The van der Waals surface area contributed by atoms with Crippen molar-refractivity contribution in [2.75, 3.05) is 0 Å². The molecule has 2 aromatic rings. The van der Waals surface area contributed by atoms with Crippen molar-refractivity contribution < 1.29 is 29.0 Å². The van der Waals surface area contributed by atoms with Crippen LogP contribution in [0.2, 0.25) is 0 Å². The Hall–Kier alpha value is -3.62. The van der Waals surface area contributed by atoms with Crippen molar-refractivity contribution in [3.05, 3.63) is 69.8 Å². The Morgan fingerprint density at radius 2 is 1.83 bits per heavy atom. The van der Waals surface area contributed by atoms with Crippen LogP contribution in [-0.2, 0) is 11.4 Å². The van der Waals surface area contributed by atoms with Crippen LogP contribution >= 0.6 is 0 Å². The highest BCUT2D eigenvalue weighted by Gasteiger charge is 2.16. The number of hydrogen-bond acceptors (Lipinski definition) is 7. The van der Waals surface area contributed by atoms with Gasteiger partial charge in [-0.15, -0.1) is 10.1 Å². The van der Waals surface area contributed by atoms with Gasteiger partial charge in [0.05, 0.1) is 0 Å². The van der Waals surface area contributed by atoms with Gasteiger partial charge in [0.1, 0.15) is 23.7 Å². The van der Waals surface area contributed by atoms with Gasteiger partial charge in [0.25, 0.3) is 5.09 Å². The Morgan fingerprint density at radius 1 is 1.08 bits per heavy atom. The lowest BCUT2D eigenvalue weighted by Gasteiger charge is -2.09. The van der Waals surface area contributed by atoms with Gasteiger partial charge in [0.15, 0.2) is 0 Å².